The normalized spacial score (nSPS) is 22.4. The summed E-state index contributed by atoms with van der Waals surface area (Å²) in [6.07, 6.45) is 2.00. The second kappa shape index (κ2) is 5.90. The fraction of sp³-hybridized carbons (Fsp3) is 0.857. The van der Waals surface area contributed by atoms with E-state index in [2.05, 4.69) is 4.90 Å². The Morgan fingerprint density at radius 3 is 2.32 bits per heavy atom. The Hall–Kier alpha value is -1.10. The Labute approximate surface area is 115 Å². The molecule has 1 N–H and O–H groups in total. The zero-order valence-corrected chi connectivity index (χ0v) is 12.6. The Bertz CT molecular complexity index is 347. The van der Waals surface area contributed by atoms with E-state index in [1.165, 1.54) is 0 Å². The van der Waals surface area contributed by atoms with Gasteiger partial charge in [-0.25, -0.2) is 0 Å². The highest BCUT2D eigenvalue weighted by atomic mass is 16.4. The van der Waals surface area contributed by atoms with E-state index in [1.54, 1.807) is 25.7 Å². The van der Waals surface area contributed by atoms with Crippen LogP contribution >= 0.6 is 0 Å². The van der Waals surface area contributed by atoms with Crippen molar-refractivity contribution >= 4 is 11.9 Å². The number of amides is 1. The molecule has 0 aromatic heterocycles. The van der Waals surface area contributed by atoms with Gasteiger partial charge < -0.3 is 14.9 Å². The van der Waals surface area contributed by atoms with E-state index in [1.807, 2.05) is 14.1 Å². The number of carbonyl (C=O) groups is 2. The number of likely N-dealkylation sites (tertiary alicyclic amines) is 1. The molecule has 0 radical (unpaired) electrons. The highest BCUT2D eigenvalue weighted by molar-refractivity contribution is 5.97. The maximum absolute atomic E-state index is 12.5. The summed E-state index contributed by atoms with van der Waals surface area (Å²) in [5, 5.41) is 9.33. The van der Waals surface area contributed by atoms with E-state index in [4.69, 9.17) is 0 Å². The van der Waals surface area contributed by atoms with Gasteiger partial charge in [-0.15, -0.1) is 0 Å². The molecule has 2 atom stereocenters. The molecule has 0 saturated carbocycles. The molecular formula is C14H26N2O3. The van der Waals surface area contributed by atoms with Gasteiger partial charge in [-0.3, -0.25) is 9.59 Å². The number of likely N-dealkylation sites (N-methyl/N-ethyl adjacent to an activating group) is 1. The lowest BCUT2D eigenvalue weighted by Crippen LogP contribution is -2.52. The third-order valence-electron chi connectivity index (χ3n) is 3.80. The molecule has 110 valence electrons. The Kier molecular flexibility index (Phi) is 4.96. The predicted octanol–water partition coefficient (Wildman–Crippen LogP) is 1.29. The molecule has 0 bridgehead atoms. The first-order chi connectivity index (χ1) is 8.64. The van der Waals surface area contributed by atoms with Crippen LogP contribution in [-0.2, 0) is 9.59 Å². The SMILES string of the molecule is CN(C)C1CCCN(C(=O)C(C(=O)O)C(C)(C)C)C1. The quantitative estimate of drug-likeness (QED) is 0.785. The van der Waals surface area contributed by atoms with Gasteiger partial charge in [0.15, 0.2) is 0 Å². The van der Waals surface area contributed by atoms with Crippen molar-refractivity contribution in [3.63, 3.8) is 0 Å². The van der Waals surface area contributed by atoms with Crippen LogP contribution in [0.5, 0.6) is 0 Å². The minimum Gasteiger partial charge on any atom is -0.481 e. The van der Waals surface area contributed by atoms with Crippen LogP contribution in [0.1, 0.15) is 33.6 Å². The van der Waals surface area contributed by atoms with Crippen LogP contribution in [0.4, 0.5) is 0 Å². The van der Waals surface area contributed by atoms with E-state index >= 15 is 0 Å². The molecule has 1 amide bonds. The van der Waals surface area contributed by atoms with Crippen molar-refractivity contribution < 1.29 is 14.7 Å². The summed E-state index contributed by atoms with van der Waals surface area (Å²) in [6, 6.07) is 0.326. The molecule has 0 aromatic carbocycles. The zero-order chi connectivity index (χ0) is 14.8. The minimum absolute atomic E-state index is 0.244. The van der Waals surface area contributed by atoms with Gasteiger partial charge in [-0.05, 0) is 32.4 Å². The molecule has 1 aliphatic heterocycles. The summed E-state index contributed by atoms with van der Waals surface area (Å²) in [6.45, 7) is 6.71. The van der Waals surface area contributed by atoms with E-state index in [0.29, 0.717) is 19.1 Å². The molecule has 2 unspecified atom stereocenters. The number of carboxylic acid groups (broad SMARTS) is 1. The number of nitrogens with zero attached hydrogens (tertiary/aromatic N) is 2. The van der Waals surface area contributed by atoms with Gasteiger partial charge in [0, 0.05) is 19.1 Å². The van der Waals surface area contributed by atoms with Gasteiger partial charge >= 0.3 is 5.97 Å². The van der Waals surface area contributed by atoms with E-state index in [0.717, 1.165) is 12.8 Å². The molecule has 5 heteroatoms. The lowest BCUT2D eigenvalue weighted by atomic mass is 9.79. The van der Waals surface area contributed by atoms with Gasteiger partial charge in [0.1, 0.15) is 5.92 Å². The summed E-state index contributed by atoms with van der Waals surface area (Å²) in [5.74, 6) is -2.23. The highest BCUT2D eigenvalue weighted by Crippen LogP contribution is 2.29. The maximum Gasteiger partial charge on any atom is 0.316 e. The van der Waals surface area contributed by atoms with E-state index in [9.17, 15) is 14.7 Å². The molecule has 1 heterocycles. The average molecular weight is 270 g/mol. The van der Waals surface area contributed by atoms with Crippen LogP contribution in [0.2, 0.25) is 0 Å². The Morgan fingerprint density at radius 1 is 1.32 bits per heavy atom. The Balaban J connectivity index is 2.83. The van der Waals surface area contributed by atoms with Crippen molar-refractivity contribution in [1.82, 2.24) is 9.80 Å². The molecule has 19 heavy (non-hydrogen) atoms. The van der Waals surface area contributed by atoms with Gasteiger partial charge in [0.2, 0.25) is 5.91 Å². The molecule has 0 aliphatic carbocycles. The molecule has 1 aliphatic rings. The van der Waals surface area contributed by atoms with Crippen LogP contribution < -0.4 is 0 Å². The second-order valence-electron chi connectivity index (χ2n) is 6.68. The number of piperidine rings is 1. The molecule has 1 saturated heterocycles. The largest absolute Gasteiger partial charge is 0.481 e. The van der Waals surface area contributed by atoms with Gasteiger partial charge in [0.25, 0.3) is 0 Å². The number of hydrogen-bond acceptors (Lipinski definition) is 3. The first-order valence-electron chi connectivity index (χ1n) is 6.82. The van der Waals surface area contributed by atoms with Crippen LogP contribution in [0.25, 0.3) is 0 Å². The Morgan fingerprint density at radius 2 is 1.89 bits per heavy atom. The molecule has 1 rings (SSSR count). The average Bonchev–Trinajstić information content (AvgIpc) is 2.26. The summed E-state index contributed by atoms with van der Waals surface area (Å²) >= 11 is 0. The molecule has 1 fully saturated rings. The van der Waals surface area contributed by atoms with Crippen molar-refractivity contribution in [3.05, 3.63) is 0 Å². The number of rotatable bonds is 3. The predicted molar refractivity (Wildman–Crippen MR) is 73.9 cm³/mol. The summed E-state index contributed by atoms with van der Waals surface area (Å²) in [7, 11) is 3.99. The van der Waals surface area contributed by atoms with Gasteiger partial charge in [-0.2, -0.15) is 0 Å². The first kappa shape index (κ1) is 16.0. The highest BCUT2D eigenvalue weighted by Gasteiger charge is 2.41. The van der Waals surface area contributed by atoms with Crippen molar-refractivity contribution in [3.8, 4) is 0 Å². The lowest BCUT2D eigenvalue weighted by molar-refractivity contribution is -0.157. The van der Waals surface area contributed by atoms with E-state index in [-0.39, 0.29) is 5.91 Å². The number of aliphatic carboxylic acids is 1. The first-order valence-corrected chi connectivity index (χ1v) is 6.82. The zero-order valence-electron chi connectivity index (χ0n) is 12.6. The minimum atomic E-state index is -1.02. The lowest BCUT2D eigenvalue weighted by Gasteiger charge is -2.39. The number of carbonyl (C=O) groups excluding carboxylic acids is 1. The fourth-order valence-electron chi connectivity index (χ4n) is 2.61. The summed E-state index contributed by atoms with van der Waals surface area (Å²) in [5.41, 5.74) is -0.562. The fourth-order valence-corrected chi connectivity index (χ4v) is 2.61. The van der Waals surface area contributed by atoms with Gasteiger partial charge in [-0.1, -0.05) is 20.8 Å². The van der Waals surface area contributed by atoms with Crippen molar-refractivity contribution in [2.75, 3.05) is 27.2 Å². The molecule has 0 spiro atoms. The summed E-state index contributed by atoms with van der Waals surface area (Å²) < 4.78 is 0. The number of hydrogen-bond donors (Lipinski definition) is 1. The van der Waals surface area contributed by atoms with Crippen LogP contribution in [0.3, 0.4) is 0 Å². The molecular weight excluding hydrogens is 244 g/mol. The van der Waals surface area contributed by atoms with Gasteiger partial charge in [0.05, 0.1) is 0 Å². The number of carboxylic acids is 1. The van der Waals surface area contributed by atoms with Crippen LogP contribution in [-0.4, -0.2) is 60.0 Å². The topological polar surface area (TPSA) is 60.9 Å². The van der Waals surface area contributed by atoms with Crippen molar-refractivity contribution in [2.24, 2.45) is 11.3 Å². The standard InChI is InChI=1S/C14H26N2O3/c1-14(2,3)11(13(18)19)12(17)16-8-6-7-10(9-16)15(4)5/h10-11H,6-9H2,1-5H3,(H,18,19). The van der Waals surface area contributed by atoms with Crippen LogP contribution in [0.15, 0.2) is 0 Å². The second-order valence-corrected chi connectivity index (χ2v) is 6.68. The third-order valence-corrected chi connectivity index (χ3v) is 3.80. The molecule has 0 aromatic rings. The monoisotopic (exact) mass is 270 g/mol. The van der Waals surface area contributed by atoms with Crippen LogP contribution in [0, 0.1) is 11.3 Å². The third kappa shape index (κ3) is 3.93. The smallest absolute Gasteiger partial charge is 0.316 e. The van der Waals surface area contributed by atoms with Crippen molar-refractivity contribution in [1.29, 1.82) is 0 Å². The van der Waals surface area contributed by atoms with Crippen molar-refractivity contribution in [2.45, 2.75) is 39.7 Å². The van der Waals surface area contributed by atoms with E-state index < -0.39 is 17.3 Å². The molecule has 5 nitrogen and oxygen atoms in total. The maximum atomic E-state index is 12.5. The summed E-state index contributed by atoms with van der Waals surface area (Å²) in [4.78, 5) is 27.7.